The number of hydrogen-bond donors (Lipinski definition) is 0. The number of rotatable bonds is 3. The van der Waals surface area contributed by atoms with Gasteiger partial charge < -0.3 is 4.74 Å². The first-order valence-corrected chi connectivity index (χ1v) is 5.98. The molecule has 3 heteroatoms. The number of carbonyl (C=O) groups is 1. The first-order valence-electron chi connectivity index (χ1n) is 4.45. The molecule has 0 radical (unpaired) electrons. The summed E-state index contributed by atoms with van der Waals surface area (Å²) in [6.07, 6.45) is 2.91. The maximum Gasteiger partial charge on any atom is 0.312 e. The third kappa shape index (κ3) is 1.60. The van der Waals surface area contributed by atoms with Crippen LogP contribution in [0.15, 0.2) is 0 Å². The van der Waals surface area contributed by atoms with Gasteiger partial charge in [0, 0.05) is 10.8 Å². The molecule has 1 atom stereocenters. The van der Waals surface area contributed by atoms with Crippen LogP contribution in [0.1, 0.15) is 33.1 Å². The van der Waals surface area contributed by atoms with Crippen molar-refractivity contribution in [2.24, 2.45) is 5.41 Å². The van der Waals surface area contributed by atoms with E-state index in [1.165, 1.54) is 0 Å². The molecule has 0 aliphatic carbocycles. The zero-order valence-corrected chi connectivity index (χ0v) is 9.76. The number of ether oxygens (including phenoxy) is 1. The minimum atomic E-state index is -0.157. The summed E-state index contributed by atoms with van der Waals surface area (Å²) in [4.78, 5) is 11.5. The van der Waals surface area contributed by atoms with Crippen LogP contribution >= 0.6 is 22.6 Å². The van der Waals surface area contributed by atoms with E-state index in [2.05, 4.69) is 36.4 Å². The van der Waals surface area contributed by atoms with Crippen molar-refractivity contribution in [3.05, 3.63) is 0 Å². The molecule has 1 aliphatic rings. The minimum Gasteiger partial charge on any atom is -0.461 e. The molecular weight excluding hydrogens is 267 g/mol. The standard InChI is InChI=1S/C9H15IO2/c1-3-9(4-2)5-7(6-10)12-8(9)11/h7H,3-6H2,1-2H3/t7-/m0/s1. The van der Waals surface area contributed by atoms with Crippen molar-refractivity contribution in [1.29, 1.82) is 0 Å². The van der Waals surface area contributed by atoms with Crippen LogP contribution in [0.4, 0.5) is 0 Å². The van der Waals surface area contributed by atoms with E-state index < -0.39 is 0 Å². The average Bonchev–Trinajstić information content (AvgIpc) is 2.43. The SMILES string of the molecule is CCC1(CC)C[C@@H](CI)OC1=O. The van der Waals surface area contributed by atoms with Crippen molar-refractivity contribution in [2.75, 3.05) is 4.43 Å². The Bertz CT molecular complexity index is 175. The van der Waals surface area contributed by atoms with Gasteiger partial charge in [-0.1, -0.05) is 36.4 Å². The van der Waals surface area contributed by atoms with Crippen molar-refractivity contribution < 1.29 is 9.53 Å². The Hall–Kier alpha value is 0.200. The number of hydrogen-bond acceptors (Lipinski definition) is 2. The molecule has 0 aromatic carbocycles. The van der Waals surface area contributed by atoms with E-state index in [1.54, 1.807) is 0 Å². The molecular formula is C9H15IO2. The quantitative estimate of drug-likeness (QED) is 0.452. The van der Waals surface area contributed by atoms with Gasteiger partial charge in [-0.25, -0.2) is 0 Å². The van der Waals surface area contributed by atoms with Crippen LogP contribution in [0.3, 0.4) is 0 Å². The van der Waals surface area contributed by atoms with Gasteiger partial charge >= 0.3 is 5.97 Å². The molecule has 1 saturated heterocycles. The third-order valence-corrected chi connectivity index (χ3v) is 3.83. The molecule has 0 unspecified atom stereocenters. The first-order chi connectivity index (χ1) is 5.68. The van der Waals surface area contributed by atoms with Crippen LogP contribution < -0.4 is 0 Å². The molecule has 0 spiro atoms. The Morgan fingerprint density at radius 3 is 2.42 bits per heavy atom. The summed E-state index contributed by atoms with van der Waals surface area (Å²) in [6, 6.07) is 0. The largest absolute Gasteiger partial charge is 0.461 e. The van der Waals surface area contributed by atoms with Crippen molar-refractivity contribution >= 4 is 28.6 Å². The lowest BCUT2D eigenvalue weighted by Crippen LogP contribution is -2.24. The lowest BCUT2D eigenvalue weighted by Gasteiger charge is -2.19. The van der Waals surface area contributed by atoms with Crippen molar-refractivity contribution in [2.45, 2.75) is 39.2 Å². The van der Waals surface area contributed by atoms with Gasteiger partial charge in [-0.2, -0.15) is 0 Å². The predicted molar refractivity (Wildman–Crippen MR) is 56.4 cm³/mol. The van der Waals surface area contributed by atoms with E-state index in [4.69, 9.17) is 4.74 Å². The molecule has 2 nitrogen and oxygen atoms in total. The summed E-state index contributed by atoms with van der Waals surface area (Å²) < 4.78 is 6.18. The third-order valence-electron chi connectivity index (χ3n) is 2.85. The highest BCUT2D eigenvalue weighted by molar-refractivity contribution is 14.1. The second-order valence-electron chi connectivity index (χ2n) is 3.37. The molecule has 0 aromatic rings. The van der Waals surface area contributed by atoms with Gasteiger partial charge in [0.2, 0.25) is 0 Å². The van der Waals surface area contributed by atoms with Crippen molar-refractivity contribution in [1.82, 2.24) is 0 Å². The van der Waals surface area contributed by atoms with E-state index >= 15 is 0 Å². The van der Waals surface area contributed by atoms with E-state index in [1.807, 2.05) is 0 Å². The zero-order valence-electron chi connectivity index (χ0n) is 7.60. The average molecular weight is 282 g/mol. The molecule has 0 amide bonds. The maximum atomic E-state index is 11.5. The number of esters is 1. The molecule has 1 rings (SSSR count). The molecule has 1 fully saturated rings. The zero-order chi connectivity index (χ0) is 9.19. The molecule has 1 aliphatic heterocycles. The first kappa shape index (κ1) is 10.3. The fourth-order valence-electron chi connectivity index (χ4n) is 1.75. The minimum absolute atomic E-state index is 0.0224. The monoisotopic (exact) mass is 282 g/mol. The van der Waals surface area contributed by atoms with Crippen LogP contribution in [0.25, 0.3) is 0 Å². The summed E-state index contributed by atoms with van der Waals surface area (Å²) in [6.45, 7) is 4.14. The summed E-state index contributed by atoms with van der Waals surface area (Å²) in [5.41, 5.74) is -0.157. The lowest BCUT2D eigenvalue weighted by atomic mass is 9.80. The van der Waals surface area contributed by atoms with Gasteiger partial charge in [0.1, 0.15) is 6.10 Å². The van der Waals surface area contributed by atoms with Crippen molar-refractivity contribution in [3.8, 4) is 0 Å². The van der Waals surface area contributed by atoms with E-state index in [0.717, 1.165) is 23.7 Å². The summed E-state index contributed by atoms with van der Waals surface area (Å²) >= 11 is 2.27. The molecule has 0 aromatic heterocycles. The van der Waals surface area contributed by atoms with E-state index in [-0.39, 0.29) is 17.5 Å². The number of alkyl halides is 1. The highest BCUT2D eigenvalue weighted by Gasteiger charge is 2.45. The van der Waals surface area contributed by atoms with Gasteiger partial charge in [0.15, 0.2) is 0 Å². The second kappa shape index (κ2) is 3.94. The number of cyclic esters (lactones) is 1. The van der Waals surface area contributed by atoms with Gasteiger partial charge in [-0.15, -0.1) is 0 Å². The van der Waals surface area contributed by atoms with Gasteiger partial charge in [-0.05, 0) is 12.8 Å². The normalized spacial score (nSPS) is 27.2. The Morgan fingerprint density at radius 2 is 2.17 bits per heavy atom. The van der Waals surface area contributed by atoms with E-state index in [0.29, 0.717) is 0 Å². The van der Waals surface area contributed by atoms with Gasteiger partial charge in [-0.3, -0.25) is 4.79 Å². The molecule has 0 saturated carbocycles. The molecule has 70 valence electrons. The molecule has 1 heterocycles. The Labute approximate surface area is 87.2 Å². The number of halogens is 1. The number of carbonyl (C=O) groups excluding carboxylic acids is 1. The maximum absolute atomic E-state index is 11.5. The van der Waals surface area contributed by atoms with Crippen LogP contribution in [0.5, 0.6) is 0 Å². The fraction of sp³-hybridized carbons (Fsp3) is 0.889. The van der Waals surface area contributed by atoms with Crippen LogP contribution in [-0.2, 0) is 9.53 Å². The topological polar surface area (TPSA) is 26.3 Å². The van der Waals surface area contributed by atoms with Gasteiger partial charge in [0.05, 0.1) is 5.41 Å². The van der Waals surface area contributed by atoms with E-state index in [9.17, 15) is 4.79 Å². The smallest absolute Gasteiger partial charge is 0.312 e. The van der Waals surface area contributed by atoms with Crippen LogP contribution in [-0.4, -0.2) is 16.5 Å². The highest BCUT2D eigenvalue weighted by atomic mass is 127. The highest BCUT2D eigenvalue weighted by Crippen LogP contribution is 2.40. The van der Waals surface area contributed by atoms with Crippen LogP contribution in [0, 0.1) is 5.41 Å². The fourth-order valence-corrected chi connectivity index (χ4v) is 2.24. The summed E-state index contributed by atoms with van der Waals surface area (Å²) in [5.74, 6) is 0.0224. The van der Waals surface area contributed by atoms with Gasteiger partial charge in [0.25, 0.3) is 0 Å². The molecule has 0 N–H and O–H groups in total. The van der Waals surface area contributed by atoms with Crippen molar-refractivity contribution in [3.63, 3.8) is 0 Å². The van der Waals surface area contributed by atoms with Crippen LogP contribution in [0.2, 0.25) is 0 Å². The predicted octanol–water partition coefficient (Wildman–Crippen LogP) is 2.54. The Kier molecular flexibility index (Phi) is 3.37. The second-order valence-corrected chi connectivity index (χ2v) is 4.25. The lowest BCUT2D eigenvalue weighted by molar-refractivity contribution is -0.148. The summed E-state index contributed by atoms with van der Waals surface area (Å²) in [5, 5.41) is 0. The molecule has 12 heavy (non-hydrogen) atoms. The Balaban J connectivity index is 2.72. The Morgan fingerprint density at radius 1 is 1.58 bits per heavy atom. The molecule has 0 bridgehead atoms. The summed E-state index contributed by atoms with van der Waals surface area (Å²) in [7, 11) is 0.